The quantitative estimate of drug-likeness (QED) is 0.354. The molecule has 0 saturated heterocycles. The van der Waals surface area contributed by atoms with Gasteiger partial charge in [0.05, 0.1) is 11.1 Å². The number of carbonyl (C=O) groups is 1. The van der Waals surface area contributed by atoms with Gasteiger partial charge in [0.2, 0.25) is 0 Å². The van der Waals surface area contributed by atoms with Crippen LogP contribution >= 0.6 is 0 Å². The number of hydrazone groups is 1. The Balaban J connectivity index is 1.57. The standard InChI is InChI=1S/C24H30N4O4/c1-3-18-9-12-21(13-10-18)32-17-24(29)26-25-16-19-11-14-22(23(15-19)28(30)31)27(2)20-7-5-4-6-8-20/h9-16,20H,3-8,17H2,1-2H3,(H,26,29)/b25-16+. The molecule has 3 rings (SSSR count). The van der Waals surface area contributed by atoms with Crippen LogP contribution in [0.1, 0.15) is 50.2 Å². The lowest BCUT2D eigenvalue weighted by Crippen LogP contribution is -2.33. The molecular formula is C24H30N4O4. The Hall–Kier alpha value is -3.42. The molecule has 2 aromatic rings. The predicted octanol–water partition coefficient (Wildman–Crippen LogP) is 4.46. The number of nitro groups is 1. The fraction of sp³-hybridized carbons (Fsp3) is 0.417. The van der Waals surface area contributed by atoms with E-state index in [2.05, 4.69) is 17.5 Å². The number of hydrogen-bond donors (Lipinski definition) is 1. The number of benzene rings is 2. The zero-order chi connectivity index (χ0) is 22.9. The van der Waals surface area contributed by atoms with E-state index in [1.807, 2.05) is 36.2 Å². The number of ether oxygens (including phenoxy) is 1. The average Bonchev–Trinajstić information content (AvgIpc) is 2.83. The fourth-order valence-corrected chi connectivity index (χ4v) is 3.91. The van der Waals surface area contributed by atoms with Crippen LogP contribution in [0, 0.1) is 10.1 Å². The number of anilines is 1. The maximum atomic E-state index is 12.0. The Morgan fingerprint density at radius 3 is 2.59 bits per heavy atom. The first-order valence-corrected chi connectivity index (χ1v) is 11.0. The molecule has 1 aliphatic rings. The SMILES string of the molecule is CCc1ccc(OCC(=O)N/N=C/c2ccc(N(C)C3CCCCC3)c([N+](=O)[O-])c2)cc1. The van der Waals surface area contributed by atoms with Gasteiger partial charge in [-0.05, 0) is 43.0 Å². The van der Waals surface area contributed by atoms with E-state index in [1.54, 1.807) is 12.1 Å². The van der Waals surface area contributed by atoms with Gasteiger partial charge in [-0.15, -0.1) is 0 Å². The maximum absolute atomic E-state index is 12.0. The molecule has 1 aliphatic carbocycles. The highest BCUT2D eigenvalue weighted by molar-refractivity contribution is 5.85. The monoisotopic (exact) mass is 438 g/mol. The number of amides is 1. The first-order chi connectivity index (χ1) is 15.5. The maximum Gasteiger partial charge on any atom is 0.293 e. The number of nitrogens with one attached hydrogen (secondary N) is 1. The molecule has 0 aliphatic heterocycles. The molecule has 0 atom stereocenters. The van der Waals surface area contributed by atoms with Crippen LogP contribution in [0.25, 0.3) is 0 Å². The fourth-order valence-electron chi connectivity index (χ4n) is 3.91. The van der Waals surface area contributed by atoms with Crippen molar-refractivity contribution >= 4 is 23.5 Å². The van der Waals surface area contributed by atoms with Gasteiger partial charge in [-0.25, -0.2) is 5.43 Å². The van der Waals surface area contributed by atoms with Gasteiger partial charge in [-0.2, -0.15) is 5.10 Å². The van der Waals surface area contributed by atoms with Crippen molar-refractivity contribution < 1.29 is 14.5 Å². The number of nitrogens with zero attached hydrogens (tertiary/aromatic N) is 3. The molecule has 0 radical (unpaired) electrons. The van der Waals surface area contributed by atoms with E-state index in [-0.39, 0.29) is 17.2 Å². The molecule has 0 heterocycles. The molecule has 0 aromatic heterocycles. The predicted molar refractivity (Wildman–Crippen MR) is 125 cm³/mol. The minimum Gasteiger partial charge on any atom is -0.484 e. The summed E-state index contributed by atoms with van der Waals surface area (Å²) in [6.45, 7) is 1.90. The topological polar surface area (TPSA) is 97.1 Å². The highest BCUT2D eigenvalue weighted by Crippen LogP contribution is 2.33. The number of aryl methyl sites for hydroxylation is 1. The summed E-state index contributed by atoms with van der Waals surface area (Å²) >= 11 is 0. The Kier molecular flexibility index (Phi) is 8.19. The van der Waals surface area contributed by atoms with Crippen LogP contribution in [-0.4, -0.2) is 36.7 Å². The van der Waals surface area contributed by atoms with Gasteiger partial charge in [-0.1, -0.05) is 44.4 Å². The lowest BCUT2D eigenvalue weighted by molar-refractivity contribution is -0.384. The summed E-state index contributed by atoms with van der Waals surface area (Å²) in [5.74, 6) is 0.193. The zero-order valence-corrected chi connectivity index (χ0v) is 18.6. The summed E-state index contributed by atoms with van der Waals surface area (Å²) < 4.78 is 5.44. The van der Waals surface area contributed by atoms with Gasteiger partial charge >= 0.3 is 0 Å². The van der Waals surface area contributed by atoms with Gasteiger partial charge < -0.3 is 9.64 Å². The Bertz CT molecular complexity index is 953. The average molecular weight is 439 g/mol. The highest BCUT2D eigenvalue weighted by Gasteiger charge is 2.24. The molecule has 2 aromatic carbocycles. The minimum atomic E-state index is -0.413. The Morgan fingerprint density at radius 1 is 1.22 bits per heavy atom. The van der Waals surface area contributed by atoms with Crippen molar-refractivity contribution in [3.8, 4) is 5.75 Å². The van der Waals surface area contributed by atoms with Gasteiger partial charge in [-0.3, -0.25) is 14.9 Å². The minimum absolute atomic E-state index is 0.0345. The van der Waals surface area contributed by atoms with Gasteiger partial charge in [0.1, 0.15) is 11.4 Å². The molecule has 1 N–H and O–H groups in total. The number of carbonyl (C=O) groups excluding carboxylic acids is 1. The molecule has 1 saturated carbocycles. The first kappa shape index (κ1) is 23.2. The molecule has 1 fully saturated rings. The molecule has 32 heavy (non-hydrogen) atoms. The van der Waals surface area contributed by atoms with Crippen molar-refractivity contribution in [2.45, 2.75) is 51.5 Å². The van der Waals surface area contributed by atoms with E-state index in [0.29, 0.717) is 23.0 Å². The molecule has 8 heteroatoms. The molecule has 8 nitrogen and oxygen atoms in total. The number of rotatable bonds is 9. The lowest BCUT2D eigenvalue weighted by atomic mass is 9.94. The molecule has 0 spiro atoms. The van der Waals surface area contributed by atoms with Crippen molar-refractivity contribution in [2.24, 2.45) is 5.10 Å². The van der Waals surface area contributed by atoms with E-state index >= 15 is 0 Å². The molecular weight excluding hydrogens is 408 g/mol. The normalized spacial score (nSPS) is 14.3. The van der Waals surface area contributed by atoms with Crippen LogP contribution in [0.3, 0.4) is 0 Å². The second-order valence-corrected chi connectivity index (χ2v) is 7.99. The number of hydrogen-bond acceptors (Lipinski definition) is 6. The summed E-state index contributed by atoms with van der Waals surface area (Å²) in [5.41, 5.74) is 4.75. The summed E-state index contributed by atoms with van der Waals surface area (Å²) in [6.07, 6.45) is 7.96. The molecule has 0 bridgehead atoms. The zero-order valence-electron chi connectivity index (χ0n) is 18.6. The van der Waals surface area contributed by atoms with Crippen LogP contribution in [0.15, 0.2) is 47.6 Å². The summed E-state index contributed by atoms with van der Waals surface area (Å²) in [5, 5.41) is 15.6. The smallest absolute Gasteiger partial charge is 0.293 e. The van der Waals surface area contributed by atoms with Crippen LogP contribution in [-0.2, 0) is 11.2 Å². The number of nitro benzene ring substituents is 1. The van der Waals surface area contributed by atoms with E-state index in [1.165, 1.54) is 24.3 Å². The first-order valence-electron chi connectivity index (χ1n) is 11.0. The summed E-state index contributed by atoms with van der Waals surface area (Å²) in [4.78, 5) is 25.3. The third-order valence-corrected chi connectivity index (χ3v) is 5.80. The van der Waals surface area contributed by atoms with E-state index in [0.717, 1.165) is 32.1 Å². The third-order valence-electron chi connectivity index (χ3n) is 5.80. The molecule has 170 valence electrons. The second kappa shape index (κ2) is 11.3. The van der Waals surface area contributed by atoms with Crippen LogP contribution in [0.4, 0.5) is 11.4 Å². The second-order valence-electron chi connectivity index (χ2n) is 7.99. The van der Waals surface area contributed by atoms with E-state index in [9.17, 15) is 14.9 Å². The molecule has 0 unspecified atom stereocenters. The van der Waals surface area contributed by atoms with Crippen LogP contribution < -0.4 is 15.1 Å². The largest absolute Gasteiger partial charge is 0.484 e. The Labute approximate surface area is 188 Å². The summed E-state index contributed by atoms with van der Waals surface area (Å²) in [7, 11) is 1.92. The summed E-state index contributed by atoms with van der Waals surface area (Å²) in [6, 6.07) is 12.9. The van der Waals surface area contributed by atoms with Gasteiger partial charge in [0.25, 0.3) is 11.6 Å². The van der Waals surface area contributed by atoms with Crippen molar-refractivity contribution in [3.63, 3.8) is 0 Å². The van der Waals surface area contributed by atoms with Gasteiger partial charge in [0.15, 0.2) is 6.61 Å². The van der Waals surface area contributed by atoms with Crippen molar-refractivity contribution in [1.82, 2.24) is 5.43 Å². The van der Waals surface area contributed by atoms with Crippen molar-refractivity contribution in [2.75, 3.05) is 18.6 Å². The Morgan fingerprint density at radius 2 is 1.94 bits per heavy atom. The van der Waals surface area contributed by atoms with Gasteiger partial charge in [0, 0.05) is 24.7 Å². The van der Waals surface area contributed by atoms with Crippen molar-refractivity contribution in [3.05, 3.63) is 63.7 Å². The van der Waals surface area contributed by atoms with E-state index < -0.39 is 5.91 Å². The molecule has 1 amide bonds. The van der Waals surface area contributed by atoms with Crippen molar-refractivity contribution in [1.29, 1.82) is 0 Å². The lowest BCUT2D eigenvalue weighted by Gasteiger charge is -2.32. The van der Waals surface area contributed by atoms with E-state index in [4.69, 9.17) is 4.74 Å². The highest BCUT2D eigenvalue weighted by atomic mass is 16.6. The third kappa shape index (κ3) is 6.29. The van der Waals surface area contributed by atoms with Crippen LogP contribution in [0.2, 0.25) is 0 Å². The van der Waals surface area contributed by atoms with Crippen LogP contribution in [0.5, 0.6) is 5.75 Å².